The van der Waals surface area contributed by atoms with Crippen LogP contribution in [0.1, 0.15) is 31.1 Å². The van der Waals surface area contributed by atoms with Crippen molar-refractivity contribution in [1.29, 1.82) is 0 Å². The summed E-state index contributed by atoms with van der Waals surface area (Å²) in [5.74, 6) is 0.628. The zero-order valence-electron chi connectivity index (χ0n) is 15.1. The molecule has 5 heteroatoms. The van der Waals surface area contributed by atoms with Crippen LogP contribution in [0.15, 0.2) is 24.3 Å². The SMILES string of the molecule is CC(=O)c1cccc(OC[C@H](O)C[NH2+]CC(C)(C)C[NH+](C)C)c1. The highest BCUT2D eigenvalue weighted by Crippen LogP contribution is 2.14. The van der Waals surface area contributed by atoms with Gasteiger partial charge < -0.3 is 20.1 Å². The van der Waals surface area contributed by atoms with Gasteiger partial charge in [-0.2, -0.15) is 0 Å². The van der Waals surface area contributed by atoms with Gasteiger partial charge in [0.15, 0.2) is 5.78 Å². The van der Waals surface area contributed by atoms with Crippen molar-refractivity contribution in [1.82, 2.24) is 0 Å². The van der Waals surface area contributed by atoms with E-state index in [1.165, 1.54) is 11.8 Å². The summed E-state index contributed by atoms with van der Waals surface area (Å²) in [6, 6.07) is 7.05. The number of carbonyl (C=O) groups is 1. The third-order valence-electron chi connectivity index (χ3n) is 3.65. The number of carbonyl (C=O) groups excluding carboxylic acids is 1. The van der Waals surface area contributed by atoms with Crippen LogP contribution in [0.4, 0.5) is 0 Å². The third-order valence-corrected chi connectivity index (χ3v) is 3.65. The van der Waals surface area contributed by atoms with E-state index in [4.69, 9.17) is 4.74 Å². The fourth-order valence-corrected chi connectivity index (χ4v) is 2.76. The molecule has 0 radical (unpaired) electrons. The van der Waals surface area contributed by atoms with Gasteiger partial charge in [0.1, 0.15) is 25.0 Å². The van der Waals surface area contributed by atoms with Gasteiger partial charge in [-0.05, 0) is 32.9 Å². The third kappa shape index (κ3) is 8.11. The largest absolute Gasteiger partial charge is 0.491 e. The van der Waals surface area contributed by atoms with Crippen molar-refractivity contribution < 1.29 is 24.9 Å². The highest BCUT2D eigenvalue weighted by atomic mass is 16.5. The predicted octanol–water partition coefficient (Wildman–Crippen LogP) is -0.637. The highest BCUT2D eigenvalue weighted by molar-refractivity contribution is 5.94. The second-order valence-electron chi connectivity index (χ2n) is 7.33. The first-order valence-corrected chi connectivity index (χ1v) is 8.22. The van der Waals surface area contributed by atoms with E-state index in [0.717, 1.165) is 13.1 Å². The predicted molar refractivity (Wildman–Crippen MR) is 91.1 cm³/mol. The van der Waals surface area contributed by atoms with Gasteiger partial charge in [-0.25, -0.2) is 0 Å². The number of nitrogens with two attached hydrogens (primary N) is 1. The van der Waals surface area contributed by atoms with Crippen molar-refractivity contribution in [2.75, 3.05) is 40.3 Å². The van der Waals surface area contributed by atoms with E-state index in [9.17, 15) is 9.90 Å². The lowest BCUT2D eigenvalue weighted by Crippen LogP contribution is -3.08. The number of benzene rings is 1. The number of hydrogen-bond acceptors (Lipinski definition) is 3. The second kappa shape index (κ2) is 9.01. The minimum atomic E-state index is -0.529. The van der Waals surface area contributed by atoms with Crippen LogP contribution in [0, 0.1) is 5.41 Å². The smallest absolute Gasteiger partial charge is 0.159 e. The molecule has 0 fully saturated rings. The fraction of sp³-hybridized carbons (Fsp3) is 0.611. The van der Waals surface area contributed by atoms with Crippen molar-refractivity contribution in [2.24, 2.45) is 5.41 Å². The van der Waals surface area contributed by atoms with Crippen LogP contribution in [0.2, 0.25) is 0 Å². The number of nitrogens with one attached hydrogen (secondary N) is 1. The molecule has 0 aromatic heterocycles. The summed E-state index contributed by atoms with van der Waals surface area (Å²) >= 11 is 0. The first-order chi connectivity index (χ1) is 10.7. The fourth-order valence-electron chi connectivity index (χ4n) is 2.76. The number of rotatable bonds is 10. The van der Waals surface area contributed by atoms with Gasteiger partial charge in [-0.1, -0.05) is 12.1 Å². The number of quaternary nitrogens is 2. The zero-order chi connectivity index (χ0) is 17.5. The topological polar surface area (TPSA) is 67.6 Å². The van der Waals surface area contributed by atoms with E-state index in [0.29, 0.717) is 17.9 Å². The van der Waals surface area contributed by atoms with E-state index < -0.39 is 6.10 Å². The van der Waals surface area contributed by atoms with Gasteiger partial charge in [0.25, 0.3) is 0 Å². The molecule has 5 nitrogen and oxygen atoms in total. The molecule has 0 amide bonds. The Labute approximate surface area is 139 Å². The van der Waals surface area contributed by atoms with Crippen LogP contribution in [0.3, 0.4) is 0 Å². The number of ether oxygens (including phenoxy) is 1. The van der Waals surface area contributed by atoms with E-state index in [-0.39, 0.29) is 17.8 Å². The van der Waals surface area contributed by atoms with Crippen molar-refractivity contribution in [2.45, 2.75) is 26.9 Å². The molecule has 23 heavy (non-hydrogen) atoms. The molecular weight excluding hydrogens is 292 g/mol. The molecule has 1 rings (SSSR count). The number of hydrogen-bond donors (Lipinski definition) is 3. The lowest BCUT2D eigenvalue weighted by Gasteiger charge is -2.24. The summed E-state index contributed by atoms with van der Waals surface area (Å²) in [6.07, 6.45) is -0.529. The molecular formula is C18H32N2O3+2. The molecule has 0 saturated heterocycles. The summed E-state index contributed by atoms with van der Waals surface area (Å²) in [7, 11) is 4.30. The first-order valence-electron chi connectivity index (χ1n) is 8.22. The molecule has 0 aliphatic rings. The Kier molecular flexibility index (Phi) is 7.68. The zero-order valence-corrected chi connectivity index (χ0v) is 15.1. The lowest BCUT2D eigenvalue weighted by molar-refractivity contribution is -0.868. The van der Waals surface area contributed by atoms with Crippen LogP contribution < -0.4 is 15.0 Å². The molecule has 1 aromatic rings. The normalized spacial score (nSPS) is 13.2. The molecule has 0 unspecified atom stereocenters. The monoisotopic (exact) mass is 324 g/mol. The summed E-state index contributed by atoms with van der Waals surface area (Å²) in [5.41, 5.74) is 0.853. The van der Waals surface area contributed by atoms with Crippen molar-refractivity contribution in [3.63, 3.8) is 0 Å². The van der Waals surface area contributed by atoms with E-state index in [2.05, 4.69) is 33.3 Å². The molecule has 0 aliphatic carbocycles. The highest BCUT2D eigenvalue weighted by Gasteiger charge is 2.24. The molecule has 130 valence electrons. The van der Waals surface area contributed by atoms with E-state index in [1.54, 1.807) is 24.3 Å². The van der Waals surface area contributed by atoms with Crippen molar-refractivity contribution in [3.05, 3.63) is 29.8 Å². The van der Waals surface area contributed by atoms with Crippen LogP contribution in [-0.2, 0) is 0 Å². The summed E-state index contributed by atoms with van der Waals surface area (Å²) < 4.78 is 5.58. The minimum Gasteiger partial charge on any atom is -0.491 e. The Bertz CT molecular complexity index is 501. The number of ketones is 1. The summed E-state index contributed by atoms with van der Waals surface area (Å²) in [4.78, 5) is 12.8. The second-order valence-corrected chi connectivity index (χ2v) is 7.33. The van der Waals surface area contributed by atoms with Crippen LogP contribution >= 0.6 is 0 Å². The van der Waals surface area contributed by atoms with Crippen molar-refractivity contribution in [3.8, 4) is 5.75 Å². The molecule has 0 spiro atoms. The first kappa shape index (κ1) is 19.6. The quantitative estimate of drug-likeness (QED) is 0.502. The van der Waals surface area contributed by atoms with Crippen LogP contribution in [-0.4, -0.2) is 57.3 Å². The molecule has 1 aromatic carbocycles. The minimum absolute atomic E-state index is 0.00888. The number of aliphatic hydroxyl groups is 1. The maximum atomic E-state index is 11.3. The molecule has 0 aliphatic heterocycles. The average molecular weight is 324 g/mol. The maximum Gasteiger partial charge on any atom is 0.159 e. The van der Waals surface area contributed by atoms with Gasteiger partial charge in [-0.3, -0.25) is 4.79 Å². The Morgan fingerprint density at radius 3 is 2.70 bits per heavy atom. The molecule has 0 bridgehead atoms. The van der Waals surface area contributed by atoms with Crippen LogP contribution in [0.5, 0.6) is 5.75 Å². The van der Waals surface area contributed by atoms with Crippen LogP contribution in [0.25, 0.3) is 0 Å². The lowest BCUT2D eigenvalue weighted by atomic mass is 9.93. The Morgan fingerprint density at radius 1 is 1.39 bits per heavy atom. The summed E-state index contributed by atoms with van der Waals surface area (Å²) in [6.45, 7) is 8.91. The standard InChI is InChI=1S/C18H30N2O3/c1-14(21)15-7-6-8-17(9-15)23-11-16(22)10-19-12-18(2,3)13-20(4)5/h6-9,16,19,22H,10-13H2,1-5H3/p+2/t16-/m1/s1. The Hall–Kier alpha value is -1.43. The molecule has 4 N–H and O–H groups in total. The van der Waals surface area contributed by atoms with E-state index in [1.807, 2.05) is 0 Å². The molecule has 1 atom stereocenters. The molecule has 0 saturated carbocycles. The van der Waals surface area contributed by atoms with Gasteiger partial charge in [-0.15, -0.1) is 0 Å². The number of aliphatic hydroxyl groups excluding tert-OH is 1. The van der Waals surface area contributed by atoms with Gasteiger partial charge in [0.2, 0.25) is 0 Å². The summed E-state index contributed by atoms with van der Waals surface area (Å²) in [5, 5.41) is 12.2. The average Bonchev–Trinajstić information content (AvgIpc) is 2.43. The molecule has 0 heterocycles. The van der Waals surface area contributed by atoms with Gasteiger partial charge in [0.05, 0.1) is 32.6 Å². The van der Waals surface area contributed by atoms with Crippen molar-refractivity contribution >= 4 is 5.78 Å². The Morgan fingerprint density at radius 2 is 2.09 bits per heavy atom. The van der Waals surface area contributed by atoms with E-state index >= 15 is 0 Å². The van der Waals surface area contributed by atoms with Gasteiger partial charge in [0, 0.05) is 5.56 Å². The Balaban J connectivity index is 2.33. The van der Waals surface area contributed by atoms with Gasteiger partial charge >= 0.3 is 0 Å². The number of Topliss-reactive ketones (excluding diaryl/α,β-unsaturated/α-hetero) is 1. The maximum absolute atomic E-state index is 11.3.